The van der Waals surface area contributed by atoms with Crippen molar-refractivity contribution in [3.63, 3.8) is 0 Å². The van der Waals surface area contributed by atoms with Gasteiger partial charge in [-0.1, -0.05) is 24.3 Å². The van der Waals surface area contributed by atoms with Crippen molar-refractivity contribution in [3.8, 4) is 0 Å². The highest BCUT2D eigenvalue weighted by molar-refractivity contribution is 5.74. The monoisotopic (exact) mass is 205 g/mol. The fourth-order valence-corrected chi connectivity index (χ4v) is 1.29. The lowest BCUT2D eigenvalue weighted by Gasteiger charge is -2.03. The van der Waals surface area contributed by atoms with Gasteiger partial charge >= 0.3 is 5.97 Å². The van der Waals surface area contributed by atoms with E-state index < -0.39 is 0 Å². The summed E-state index contributed by atoms with van der Waals surface area (Å²) in [6.07, 6.45) is 3.87. The van der Waals surface area contributed by atoms with Crippen LogP contribution in [0.25, 0.3) is 6.08 Å². The maximum atomic E-state index is 10.9. The molecule has 0 unspecified atom stereocenters. The molecule has 0 atom stereocenters. The quantitative estimate of drug-likeness (QED) is 0.607. The summed E-state index contributed by atoms with van der Waals surface area (Å²) in [5.74, 6) is -0.251. The topological polar surface area (TPSA) is 52.3 Å². The number of benzene rings is 1. The largest absolute Gasteiger partial charge is 0.469 e. The van der Waals surface area contributed by atoms with Gasteiger partial charge in [-0.2, -0.15) is 0 Å². The first kappa shape index (κ1) is 11.3. The average molecular weight is 205 g/mol. The van der Waals surface area contributed by atoms with Crippen LogP contribution in [0.2, 0.25) is 0 Å². The molecule has 80 valence electrons. The predicted molar refractivity (Wildman–Crippen MR) is 61.3 cm³/mol. The number of nitrogens with two attached hydrogens (primary N) is 1. The lowest BCUT2D eigenvalue weighted by molar-refractivity contribution is -0.139. The van der Waals surface area contributed by atoms with Crippen LogP contribution >= 0.6 is 0 Å². The molecule has 0 radical (unpaired) electrons. The molecule has 0 fully saturated rings. The Balaban J connectivity index is 2.76. The van der Waals surface area contributed by atoms with Crippen LogP contribution in [0.15, 0.2) is 24.3 Å². The Morgan fingerprint density at radius 3 is 2.87 bits per heavy atom. The Kier molecular flexibility index (Phi) is 3.92. The minimum Gasteiger partial charge on any atom is -0.469 e. The van der Waals surface area contributed by atoms with Gasteiger partial charge in [-0.05, 0) is 24.1 Å². The molecule has 0 aromatic heterocycles. The van der Waals surface area contributed by atoms with Crippen LogP contribution in [0, 0.1) is 6.92 Å². The number of carbonyl (C=O) groups is 1. The van der Waals surface area contributed by atoms with E-state index in [-0.39, 0.29) is 12.4 Å². The van der Waals surface area contributed by atoms with Gasteiger partial charge in [-0.3, -0.25) is 4.79 Å². The Bertz CT molecular complexity index is 363. The van der Waals surface area contributed by atoms with E-state index >= 15 is 0 Å². The lowest BCUT2D eigenvalue weighted by atomic mass is 10.1. The molecule has 3 nitrogen and oxygen atoms in total. The number of carbonyl (C=O) groups excluding carboxylic acids is 1. The van der Waals surface area contributed by atoms with Crippen LogP contribution in [0.5, 0.6) is 0 Å². The van der Waals surface area contributed by atoms with Crippen molar-refractivity contribution in [3.05, 3.63) is 35.4 Å². The molecular weight excluding hydrogens is 190 g/mol. The van der Waals surface area contributed by atoms with Crippen LogP contribution in [0.1, 0.15) is 17.5 Å². The molecular formula is C12H15NO2. The molecule has 15 heavy (non-hydrogen) atoms. The van der Waals surface area contributed by atoms with Gasteiger partial charge in [0, 0.05) is 5.69 Å². The first-order valence-electron chi connectivity index (χ1n) is 4.73. The number of aryl methyl sites for hydroxylation is 1. The number of esters is 1. The predicted octanol–water partition coefficient (Wildman–Crippen LogP) is 2.15. The van der Waals surface area contributed by atoms with Crippen molar-refractivity contribution < 1.29 is 9.53 Å². The molecule has 0 spiro atoms. The lowest BCUT2D eigenvalue weighted by Crippen LogP contribution is -1.97. The summed E-state index contributed by atoms with van der Waals surface area (Å²) in [6, 6.07) is 5.72. The molecule has 0 saturated heterocycles. The highest BCUT2D eigenvalue weighted by Gasteiger charge is 1.99. The Morgan fingerprint density at radius 1 is 1.53 bits per heavy atom. The third-order valence-corrected chi connectivity index (χ3v) is 2.15. The molecule has 2 N–H and O–H groups in total. The molecule has 0 heterocycles. The zero-order valence-electron chi connectivity index (χ0n) is 8.99. The van der Waals surface area contributed by atoms with E-state index in [1.807, 2.05) is 31.2 Å². The zero-order valence-corrected chi connectivity index (χ0v) is 8.99. The van der Waals surface area contributed by atoms with Gasteiger partial charge in [0.15, 0.2) is 0 Å². The maximum absolute atomic E-state index is 10.9. The zero-order chi connectivity index (χ0) is 11.3. The second-order valence-corrected chi connectivity index (χ2v) is 3.26. The van der Waals surface area contributed by atoms with E-state index in [2.05, 4.69) is 4.74 Å². The fraction of sp³-hybridized carbons (Fsp3) is 0.250. The Labute approximate surface area is 89.5 Å². The van der Waals surface area contributed by atoms with E-state index in [4.69, 9.17) is 5.73 Å². The number of anilines is 1. The Morgan fingerprint density at radius 2 is 2.27 bits per heavy atom. The Hall–Kier alpha value is -1.77. The van der Waals surface area contributed by atoms with Crippen LogP contribution < -0.4 is 5.73 Å². The van der Waals surface area contributed by atoms with Gasteiger partial charge in [-0.15, -0.1) is 0 Å². The summed E-state index contributed by atoms with van der Waals surface area (Å²) in [7, 11) is 1.37. The molecule has 0 saturated carbocycles. The number of nitrogen functional groups attached to an aromatic ring is 1. The average Bonchev–Trinajstić information content (AvgIpc) is 2.22. The molecule has 0 bridgehead atoms. The molecule has 1 rings (SSSR count). The summed E-state index contributed by atoms with van der Waals surface area (Å²) in [4.78, 5) is 10.9. The first-order valence-corrected chi connectivity index (χ1v) is 4.73. The van der Waals surface area contributed by atoms with Crippen LogP contribution in [-0.2, 0) is 9.53 Å². The van der Waals surface area contributed by atoms with Crippen LogP contribution in [0.4, 0.5) is 5.69 Å². The second kappa shape index (κ2) is 5.20. The van der Waals surface area contributed by atoms with Crippen molar-refractivity contribution in [2.75, 3.05) is 12.8 Å². The second-order valence-electron chi connectivity index (χ2n) is 3.26. The maximum Gasteiger partial charge on any atom is 0.309 e. The molecule has 0 aliphatic carbocycles. The number of methoxy groups -OCH3 is 1. The number of ether oxygens (including phenoxy) is 1. The summed E-state index contributed by atoms with van der Waals surface area (Å²) in [5, 5.41) is 0. The van der Waals surface area contributed by atoms with Gasteiger partial charge in [0.25, 0.3) is 0 Å². The van der Waals surface area contributed by atoms with E-state index in [1.54, 1.807) is 6.08 Å². The first-order chi connectivity index (χ1) is 7.15. The SMILES string of the molecule is COC(=O)CC=Cc1c(C)cccc1N. The van der Waals surface area contributed by atoms with Gasteiger partial charge in [0.1, 0.15) is 0 Å². The standard InChI is InChI=1S/C12H15NO2/c1-9-5-3-7-11(13)10(9)6-4-8-12(14)15-2/h3-7H,8,13H2,1-2H3. The van der Waals surface area contributed by atoms with Crippen LogP contribution in [-0.4, -0.2) is 13.1 Å². The third-order valence-electron chi connectivity index (χ3n) is 2.15. The minimum atomic E-state index is -0.251. The highest BCUT2D eigenvalue weighted by Crippen LogP contribution is 2.17. The van der Waals surface area contributed by atoms with Crippen molar-refractivity contribution >= 4 is 17.7 Å². The summed E-state index contributed by atoms with van der Waals surface area (Å²) in [6.45, 7) is 1.98. The van der Waals surface area contributed by atoms with Gasteiger partial charge in [0.05, 0.1) is 13.5 Å². The molecule has 1 aromatic rings. The van der Waals surface area contributed by atoms with Gasteiger partial charge in [-0.25, -0.2) is 0 Å². The van der Waals surface area contributed by atoms with E-state index in [0.29, 0.717) is 0 Å². The number of hydrogen-bond donors (Lipinski definition) is 1. The molecule has 0 aliphatic rings. The van der Waals surface area contributed by atoms with Crippen molar-refractivity contribution in [1.82, 2.24) is 0 Å². The van der Waals surface area contributed by atoms with Gasteiger partial charge < -0.3 is 10.5 Å². The molecule has 3 heteroatoms. The van der Waals surface area contributed by atoms with E-state index in [9.17, 15) is 4.79 Å². The normalized spacial score (nSPS) is 10.5. The third kappa shape index (κ3) is 3.13. The molecule has 0 amide bonds. The van der Waals surface area contributed by atoms with Crippen molar-refractivity contribution in [1.29, 1.82) is 0 Å². The molecule has 0 aliphatic heterocycles. The van der Waals surface area contributed by atoms with Crippen molar-refractivity contribution in [2.24, 2.45) is 0 Å². The smallest absolute Gasteiger partial charge is 0.309 e. The molecule has 1 aromatic carbocycles. The summed E-state index contributed by atoms with van der Waals surface area (Å²) in [5.41, 5.74) is 8.58. The summed E-state index contributed by atoms with van der Waals surface area (Å²) >= 11 is 0. The summed E-state index contributed by atoms with van der Waals surface area (Å²) < 4.78 is 4.53. The highest BCUT2D eigenvalue weighted by atomic mass is 16.5. The van der Waals surface area contributed by atoms with Gasteiger partial charge in [0.2, 0.25) is 0 Å². The number of rotatable bonds is 3. The van der Waals surface area contributed by atoms with E-state index in [1.165, 1.54) is 7.11 Å². The van der Waals surface area contributed by atoms with Crippen LogP contribution in [0.3, 0.4) is 0 Å². The van der Waals surface area contributed by atoms with Crippen molar-refractivity contribution in [2.45, 2.75) is 13.3 Å². The fourth-order valence-electron chi connectivity index (χ4n) is 1.29. The number of hydrogen-bond acceptors (Lipinski definition) is 3. The minimum absolute atomic E-state index is 0.251. The van der Waals surface area contributed by atoms with E-state index in [0.717, 1.165) is 16.8 Å².